The summed E-state index contributed by atoms with van der Waals surface area (Å²) in [5, 5.41) is 2.63. The van der Waals surface area contributed by atoms with Gasteiger partial charge < -0.3 is 5.32 Å². The number of sulfonamides is 1. The van der Waals surface area contributed by atoms with Gasteiger partial charge in [-0.15, -0.1) is 0 Å². The summed E-state index contributed by atoms with van der Waals surface area (Å²) in [6.07, 6.45) is -3.65. The van der Waals surface area contributed by atoms with Crippen LogP contribution in [-0.4, -0.2) is 27.1 Å². The van der Waals surface area contributed by atoms with Gasteiger partial charge in [-0.3, -0.25) is 9.10 Å². The molecule has 2 aromatic rings. The third-order valence-electron chi connectivity index (χ3n) is 4.05. The number of carbonyl (C=O) groups is 1. The highest BCUT2D eigenvalue weighted by Crippen LogP contribution is 2.31. The maximum absolute atomic E-state index is 12.7. The predicted molar refractivity (Wildman–Crippen MR) is 98.2 cm³/mol. The molecular formula is C18H19F3N2O3S. The van der Waals surface area contributed by atoms with Crippen LogP contribution in [-0.2, 0) is 21.0 Å². The van der Waals surface area contributed by atoms with Crippen molar-refractivity contribution < 1.29 is 26.4 Å². The maximum Gasteiger partial charge on any atom is 0.416 e. The number of anilines is 2. The molecule has 0 fully saturated rings. The largest absolute Gasteiger partial charge is 0.416 e. The van der Waals surface area contributed by atoms with Gasteiger partial charge in [0.2, 0.25) is 15.9 Å². The summed E-state index contributed by atoms with van der Waals surface area (Å²) in [6, 6.07) is 8.90. The number of hydrogen-bond donors (Lipinski definition) is 1. The lowest BCUT2D eigenvalue weighted by molar-refractivity contribution is -0.137. The van der Waals surface area contributed by atoms with Gasteiger partial charge in [-0.2, -0.15) is 13.2 Å². The Hall–Kier alpha value is -2.55. The molecule has 0 radical (unpaired) electrons. The van der Waals surface area contributed by atoms with Gasteiger partial charge in [-0.05, 0) is 55.3 Å². The Kier molecular flexibility index (Phi) is 5.84. The zero-order valence-electron chi connectivity index (χ0n) is 15.0. The van der Waals surface area contributed by atoms with E-state index in [1.54, 1.807) is 12.1 Å². The zero-order valence-corrected chi connectivity index (χ0v) is 15.8. The second-order valence-electron chi connectivity index (χ2n) is 6.11. The summed E-state index contributed by atoms with van der Waals surface area (Å²) in [5.74, 6) is -0.603. The molecule has 9 heteroatoms. The molecule has 0 aromatic heterocycles. The van der Waals surface area contributed by atoms with E-state index in [1.807, 2.05) is 19.9 Å². The summed E-state index contributed by atoms with van der Waals surface area (Å²) in [6.45, 7) is 3.13. The maximum atomic E-state index is 12.7. The summed E-state index contributed by atoms with van der Waals surface area (Å²) >= 11 is 0. The van der Waals surface area contributed by atoms with Gasteiger partial charge in [-0.25, -0.2) is 8.42 Å². The highest BCUT2D eigenvalue weighted by atomic mass is 32.2. The Morgan fingerprint density at radius 2 is 1.67 bits per heavy atom. The zero-order chi connectivity index (χ0) is 20.4. The molecule has 0 bridgehead atoms. The van der Waals surface area contributed by atoms with Gasteiger partial charge in [0.15, 0.2) is 0 Å². The van der Waals surface area contributed by atoms with Crippen LogP contribution in [0.25, 0.3) is 0 Å². The molecule has 0 heterocycles. The summed E-state index contributed by atoms with van der Waals surface area (Å²) in [7, 11) is -3.88. The first-order valence-electron chi connectivity index (χ1n) is 7.90. The van der Waals surface area contributed by atoms with E-state index >= 15 is 0 Å². The second-order valence-corrected chi connectivity index (χ2v) is 8.02. The lowest BCUT2D eigenvalue weighted by Gasteiger charge is -2.22. The average molecular weight is 400 g/mol. The van der Waals surface area contributed by atoms with Crippen LogP contribution >= 0.6 is 0 Å². The Morgan fingerprint density at radius 1 is 1.07 bits per heavy atom. The summed E-state index contributed by atoms with van der Waals surface area (Å²) in [4.78, 5) is 12.3. The molecule has 0 aliphatic rings. The van der Waals surface area contributed by atoms with Crippen molar-refractivity contribution in [3.8, 4) is 0 Å². The van der Waals surface area contributed by atoms with Gasteiger partial charge in [0.05, 0.1) is 17.5 Å². The normalized spacial score (nSPS) is 11.9. The smallest absolute Gasteiger partial charge is 0.324 e. The number of rotatable bonds is 5. The molecule has 2 aromatic carbocycles. The minimum atomic E-state index is -4.53. The van der Waals surface area contributed by atoms with E-state index in [-0.39, 0.29) is 5.69 Å². The quantitative estimate of drug-likeness (QED) is 0.832. The van der Waals surface area contributed by atoms with Crippen molar-refractivity contribution in [2.24, 2.45) is 0 Å². The Bertz CT molecular complexity index is 939. The fourth-order valence-corrected chi connectivity index (χ4v) is 3.28. The molecule has 1 amide bonds. The van der Waals surface area contributed by atoms with E-state index < -0.39 is 34.2 Å². The number of nitrogens with one attached hydrogen (secondary N) is 1. The van der Waals surface area contributed by atoms with E-state index in [9.17, 15) is 26.4 Å². The lowest BCUT2D eigenvalue weighted by atomic mass is 10.1. The van der Waals surface area contributed by atoms with Crippen LogP contribution in [0.1, 0.15) is 16.7 Å². The van der Waals surface area contributed by atoms with Crippen LogP contribution in [0.15, 0.2) is 42.5 Å². The van der Waals surface area contributed by atoms with Crippen LogP contribution in [0.5, 0.6) is 0 Å². The van der Waals surface area contributed by atoms with Crippen LogP contribution in [0.3, 0.4) is 0 Å². The van der Waals surface area contributed by atoms with Crippen molar-refractivity contribution in [3.63, 3.8) is 0 Å². The molecule has 27 heavy (non-hydrogen) atoms. The van der Waals surface area contributed by atoms with E-state index in [0.717, 1.165) is 46.0 Å². The van der Waals surface area contributed by atoms with Crippen molar-refractivity contribution in [3.05, 3.63) is 59.2 Å². The standard InChI is InChI=1S/C18H19F3N2O3S/c1-12-5-4-6-16(13(12)2)22-17(24)11-23(27(3,25)26)15-9-7-14(8-10-15)18(19,20)21/h4-10H,11H2,1-3H3,(H,22,24). The minimum absolute atomic E-state index is 0.0263. The fourth-order valence-electron chi connectivity index (χ4n) is 2.42. The van der Waals surface area contributed by atoms with Crippen LogP contribution in [0.4, 0.5) is 24.5 Å². The number of halogens is 3. The number of nitrogens with zero attached hydrogens (tertiary/aromatic N) is 1. The molecule has 0 saturated heterocycles. The molecule has 0 spiro atoms. The predicted octanol–water partition coefficient (Wildman–Crippen LogP) is 3.73. The Labute approximate surface area is 155 Å². The number of hydrogen-bond acceptors (Lipinski definition) is 3. The van der Waals surface area contributed by atoms with Crippen LogP contribution in [0.2, 0.25) is 0 Å². The second kappa shape index (κ2) is 7.59. The molecule has 0 aliphatic carbocycles. The molecule has 5 nitrogen and oxygen atoms in total. The monoisotopic (exact) mass is 400 g/mol. The van der Waals surface area contributed by atoms with Gasteiger partial charge in [0, 0.05) is 5.69 Å². The highest BCUT2D eigenvalue weighted by molar-refractivity contribution is 7.92. The van der Waals surface area contributed by atoms with Crippen molar-refractivity contribution in [2.45, 2.75) is 20.0 Å². The Balaban J connectivity index is 2.25. The minimum Gasteiger partial charge on any atom is -0.324 e. The highest BCUT2D eigenvalue weighted by Gasteiger charge is 2.30. The summed E-state index contributed by atoms with van der Waals surface area (Å²) < 4.78 is 62.9. The van der Waals surface area contributed by atoms with Gasteiger partial charge in [0.25, 0.3) is 0 Å². The van der Waals surface area contributed by atoms with Crippen molar-refractivity contribution in [1.82, 2.24) is 0 Å². The molecule has 2 rings (SSSR count). The Morgan fingerprint density at radius 3 is 2.19 bits per heavy atom. The number of aryl methyl sites for hydroxylation is 1. The first-order chi connectivity index (χ1) is 12.4. The molecule has 0 unspecified atom stereocenters. The first kappa shape index (κ1) is 20.8. The third kappa shape index (κ3) is 5.22. The summed E-state index contributed by atoms with van der Waals surface area (Å²) in [5.41, 5.74) is 1.41. The lowest BCUT2D eigenvalue weighted by Crippen LogP contribution is -2.37. The number of carbonyl (C=O) groups excluding carboxylic acids is 1. The third-order valence-corrected chi connectivity index (χ3v) is 5.19. The SMILES string of the molecule is Cc1cccc(NC(=O)CN(c2ccc(C(F)(F)F)cc2)S(C)(=O)=O)c1C. The van der Waals surface area contributed by atoms with Gasteiger partial charge >= 0.3 is 6.18 Å². The molecule has 0 saturated carbocycles. The fraction of sp³-hybridized carbons (Fsp3) is 0.278. The van der Waals surface area contributed by atoms with E-state index in [4.69, 9.17) is 0 Å². The number of amides is 1. The van der Waals surface area contributed by atoms with Crippen molar-refractivity contribution >= 4 is 27.3 Å². The van der Waals surface area contributed by atoms with Gasteiger partial charge in [-0.1, -0.05) is 12.1 Å². The number of alkyl halides is 3. The average Bonchev–Trinajstić information content (AvgIpc) is 2.55. The molecule has 1 N–H and O–H groups in total. The van der Waals surface area contributed by atoms with Crippen LogP contribution in [0, 0.1) is 13.8 Å². The van der Waals surface area contributed by atoms with E-state index in [1.165, 1.54) is 0 Å². The van der Waals surface area contributed by atoms with Crippen molar-refractivity contribution in [2.75, 3.05) is 22.4 Å². The first-order valence-corrected chi connectivity index (χ1v) is 9.75. The van der Waals surface area contributed by atoms with E-state index in [0.29, 0.717) is 5.69 Å². The molecule has 146 valence electrons. The van der Waals surface area contributed by atoms with Gasteiger partial charge in [0.1, 0.15) is 6.54 Å². The molecule has 0 atom stereocenters. The van der Waals surface area contributed by atoms with Crippen LogP contribution < -0.4 is 9.62 Å². The topological polar surface area (TPSA) is 66.5 Å². The molecular weight excluding hydrogens is 381 g/mol. The molecule has 0 aliphatic heterocycles. The van der Waals surface area contributed by atoms with Crippen molar-refractivity contribution in [1.29, 1.82) is 0 Å². The van der Waals surface area contributed by atoms with E-state index in [2.05, 4.69) is 5.32 Å². The number of benzene rings is 2.